The maximum atomic E-state index is 5.19. The lowest BCUT2D eigenvalue weighted by molar-refractivity contribution is 0.134. The summed E-state index contributed by atoms with van der Waals surface area (Å²) in [6.07, 6.45) is 2.39. The van der Waals surface area contributed by atoms with Crippen LogP contribution in [0.5, 0.6) is 0 Å². The van der Waals surface area contributed by atoms with Crippen molar-refractivity contribution in [2.45, 2.75) is 12.8 Å². The van der Waals surface area contributed by atoms with E-state index in [0.29, 0.717) is 0 Å². The Balaban J connectivity index is 2.10. The third-order valence-electron chi connectivity index (χ3n) is 1.35. The fraction of sp³-hybridized carbons (Fsp3) is 1.00. The van der Waals surface area contributed by atoms with Crippen molar-refractivity contribution in [3.63, 3.8) is 0 Å². The summed E-state index contributed by atoms with van der Waals surface area (Å²) >= 11 is 5.19. The fourth-order valence-corrected chi connectivity index (χ4v) is 0.933. The van der Waals surface area contributed by atoms with E-state index in [0.717, 1.165) is 13.1 Å². The highest BCUT2D eigenvalue weighted by atomic mass is 35.5. The van der Waals surface area contributed by atoms with E-state index in [-0.39, 0.29) is 6.07 Å². The van der Waals surface area contributed by atoms with Gasteiger partial charge in [-0.2, -0.15) is 0 Å². The summed E-state index contributed by atoms with van der Waals surface area (Å²) in [5, 5.41) is 9.02. The maximum absolute atomic E-state index is 5.19. The van der Waals surface area contributed by atoms with Crippen LogP contribution in [0.1, 0.15) is 12.8 Å². The smallest absolute Gasteiger partial charge is 0.192 e. The van der Waals surface area contributed by atoms with Gasteiger partial charge in [-0.1, -0.05) is 11.6 Å². The van der Waals surface area contributed by atoms with Crippen LogP contribution >= 0.6 is 11.6 Å². The van der Waals surface area contributed by atoms with E-state index in [9.17, 15) is 0 Å². The van der Waals surface area contributed by atoms with Crippen LogP contribution in [-0.2, 0) is 4.84 Å². The molecular weight excluding hydrogens is 154 g/mol. The summed E-state index contributed by atoms with van der Waals surface area (Å²) in [4.78, 5) is 4.48. The lowest BCUT2D eigenvalue weighted by Gasteiger charge is -2.05. The van der Waals surface area contributed by atoms with Gasteiger partial charge >= 0.3 is 0 Å². The second-order valence-corrected chi connectivity index (χ2v) is 2.29. The van der Waals surface area contributed by atoms with Crippen molar-refractivity contribution in [3.05, 3.63) is 0 Å². The summed E-state index contributed by atoms with van der Waals surface area (Å²) in [6.45, 7) is 1.96. The Bertz CT molecular complexity index is 113. The van der Waals surface area contributed by atoms with E-state index in [1.165, 1.54) is 12.8 Å². The van der Waals surface area contributed by atoms with E-state index in [1.54, 1.807) is 0 Å². The van der Waals surface area contributed by atoms with Gasteiger partial charge in [-0.25, -0.2) is 0 Å². The molecule has 1 aliphatic rings. The molecule has 0 aliphatic carbocycles. The van der Waals surface area contributed by atoms with Crippen LogP contribution in [0.4, 0.5) is 0 Å². The number of halogens is 1. The summed E-state index contributed by atoms with van der Waals surface area (Å²) < 4.78 is 0. The molecule has 0 aromatic rings. The highest BCUT2D eigenvalue weighted by Crippen LogP contribution is 2.07. The Labute approximate surface area is 64.7 Å². The Morgan fingerprint density at radius 3 is 2.70 bits per heavy atom. The van der Waals surface area contributed by atoms with E-state index < -0.39 is 0 Å². The zero-order valence-electron chi connectivity index (χ0n) is 5.66. The van der Waals surface area contributed by atoms with Crippen molar-refractivity contribution in [2.75, 3.05) is 19.2 Å². The zero-order valence-corrected chi connectivity index (χ0v) is 6.42. The van der Waals surface area contributed by atoms with Crippen LogP contribution in [-0.4, -0.2) is 24.2 Å². The Kier molecular flexibility index (Phi) is 3.29. The van der Waals surface area contributed by atoms with E-state index in [2.05, 4.69) is 15.3 Å². The standard InChI is InChI=1S/C5H10ClN3O/c6-5-10-8-7-9-3-1-2-4-9/h1-5H2/b8-7+. The summed E-state index contributed by atoms with van der Waals surface area (Å²) in [5.41, 5.74) is 0. The average molecular weight is 164 g/mol. The molecule has 5 heteroatoms. The summed E-state index contributed by atoms with van der Waals surface area (Å²) in [7, 11) is 0. The first-order chi connectivity index (χ1) is 4.93. The minimum atomic E-state index is 0.0668. The van der Waals surface area contributed by atoms with Crippen LogP contribution in [0.2, 0.25) is 0 Å². The Morgan fingerprint density at radius 2 is 2.10 bits per heavy atom. The predicted octanol–water partition coefficient (Wildman–Crippen LogP) is 1.58. The van der Waals surface area contributed by atoms with Gasteiger partial charge in [0, 0.05) is 18.4 Å². The van der Waals surface area contributed by atoms with Gasteiger partial charge in [0.15, 0.2) is 6.07 Å². The largest absolute Gasteiger partial charge is 0.362 e. The molecule has 0 radical (unpaired) electrons. The quantitative estimate of drug-likeness (QED) is 0.360. The van der Waals surface area contributed by atoms with Crippen LogP contribution in [0.15, 0.2) is 10.5 Å². The van der Waals surface area contributed by atoms with Gasteiger partial charge in [-0.3, -0.25) is 5.01 Å². The van der Waals surface area contributed by atoms with Crippen molar-refractivity contribution in [2.24, 2.45) is 10.5 Å². The first kappa shape index (κ1) is 7.60. The molecule has 4 nitrogen and oxygen atoms in total. The van der Waals surface area contributed by atoms with Crippen LogP contribution in [0.3, 0.4) is 0 Å². The molecule has 1 rings (SSSR count). The Morgan fingerprint density at radius 1 is 1.40 bits per heavy atom. The van der Waals surface area contributed by atoms with E-state index in [4.69, 9.17) is 11.6 Å². The van der Waals surface area contributed by atoms with E-state index >= 15 is 0 Å². The maximum Gasteiger partial charge on any atom is 0.192 e. The number of rotatable bonds is 3. The normalized spacial score (nSPS) is 18.7. The van der Waals surface area contributed by atoms with Gasteiger partial charge in [0.25, 0.3) is 0 Å². The third kappa shape index (κ3) is 2.39. The lowest BCUT2D eigenvalue weighted by Crippen LogP contribution is -2.09. The van der Waals surface area contributed by atoms with Gasteiger partial charge in [-0.15, -0.1) is 0 Å². The zero-order chi connectivity index (χ0) is 7.23. The Hall–Kier alpha value is -0.510. The average Bonchev–Trinajstić information content (AvgIpc) is 2.41. The molecule has 0 unspecified atom stereocenters. The fourth-order valence-electron chi connectivity index (χ4n) is 0.889. The number of alkyl halides is 1. The molecule has 0 aromatic carbocycles. The molecule has 10 heavy (non-hydrogen) atoms. The summed E-state index contributed by atoms with van der Waals surface area (Å²) in [5.74, 6) is 0. The van der Waals surface area contributed by atoms with Gasteiger partial charge in [0.1, 0.15) is 0 Å². The van der Waals surface area contributed by atoms with Crippen molar-refractivity contribution in [3.8, 4) is 0 Å². The van der Waals surface area contributed by atoms with Crippen molar-refractivity contribution in [1.82, 2.24) is 5.01 Å². The predicted molar refractivity (Wildman–Crippen MR) is 37.5 cm³/mol. The second kappa shape index (κ2) is 4.33. The molecule has 0 amide bonds. The molecular formula is C5H10ClN3O. The van der Waals surface area contributed by atoms with Crippen LogP contribution in [0.25, 0.3) is 0 Å². The lowest BCUT2D eigenvalue weighted by atomic mass is 10.4. The molecule has 0 spiro atoms. The number of hydrogen-bond acceptors (Lipinski definition) is 3. The highest BCUT2D eigenvalue weighted by Gasteiger charge is 2.07. The number of hydrogen-bond donors (Lipinski definition) is 0. The first-order valence-corrected chi connectivity index (χ1v) is 3.81. The third-order valence-corrected chi connectivity index (χ3v) is 1.45. The van der Waals surface area contributed by atoms with Gasteiger partial charge in [-0.05, 0) is 18.1 Å². The SMILES string of the molecule is ClCO/N=N/N1CCCC1. The summed E-state index contributed by atoms with van der Waals surface area (Å²) in [6, 6.07) is 0.0668. The molecule has 0 saturated carbocycles. The van der Waals surface area contributed by atoms with Gasteiger partial charge in [0.2, 0.25) is 0 Å². The topological polar surface area (TPSA) is 37.2 Å². The van der Waals surface area contributed by atoms with Gasteiger partial charge in [0.05, 0.1) is 0 Å². The molecule has 1 saturated heterocycles. The molecule has 0 N–H and O–H groups in total. The number of nitrogens with zero attached hydrogens (tertiary/aromatic N) is 3. The molecule has 58 valence electrons. The van der Waals surface area contributed by atoms with Crippen LogP contribution in [0, 0.1) is 0 Å². The van der Waals surface area contributed by atoms with Crippen molar-refractivity contribution >= 4 is 11.6 Å². The minimum absolute atomic E-state index is 0.0668. The monoisotopic (exact) mass is 163 g/mol. The minimum Gasteiger partial charge on any atom is -0.362 e. The molecule has 1 heterocycles. The van der Waals surface area contributed by atoms with Crippen molar-refractivity contribution < 1.29 is 4.84 Å². The molecule has 1 aliphatic heterocycles. The van der Waals surface area contributed by atoms with Gasteiger partial charge < -0.3 is 4.84 Å². The molecule has 0 bridgehead atoms. The molecule has 1 fully saturated rings. The van der Waals surface area contributed by atoms with E-state index in [1.807, 2.05) is 5.01 Å². The molecule has 0 atom stereocenters. The van der Waals surface area contributed by atoms with Crippen LogP contribution < -0.4 is 0 Å². The second-order valence-electron chi connectivity index (χ2n) is 2.07. The van der Waals surface area contributed by atoms with Crippen molar-refractivity contribution in [1.29, 1.82) is 0 Å². The molecule has 0 aromatic heterocycles. The first-order valence-electron chi connectivity index (χ1n) is 3.27. The highest BCUT2D eigenvalue weighted by molar-refractivity contribution is 6.17.